The second-order valence-electron chi connectivity index (χ2n) is 21.1. The molecule has 2 aliphatic carbocycles. The highest BCUT2D eigenvalue weighted by atomic mass is 16.5. The van der Waals surface area contributed by atoms with Crippen LogP contribution in [0.1, 0.15) is 137 Å². The maximum absolute atomic E-state index is 12.8. The summed E-state index contributed by atoms with van der Waals surface area (Å²) in [6, 6.07) is 26.6. The number of aromatic nitrogens is 2. The number of nitrogens with zero attached hydrogens (tertiary/aromatic N) is 4. The molecule has 0 unspecified atom stereocenters. The quantitative estimate of drug-likeness (QED) is 0.138. The first-order valence-corrected chi connectivity index (χ1v) is 27.9. The molecular formula is C62H74N4O9. The number of benzene rings is 4. The van der Waals surface area contributed by atoms with Gasteiger partial charge in [-0.15, -0.1) is 0 Å². The first-order valence-electron chi connectivity index (χ1n) is 27.9. The summed E-state index contributed by atoms with van der Waals surface area (Å²) < 4.78 is 30.3. The molecule has 4 aliphatic heterocycles. The van der Waals surface area contributed by atoms with E-state index in [4.69, 9.17) is 38.1 Å². The van der Waals surface area contributed by atoms with Crippen molar-refractivity contribution in [3.63, 3.8) is 0 Å². The molecule has 0 spiro atoms. The number of aryl methyl sites for hydroxylation is 2. The highest BCUT2D eigenvalue weighted by Gasteiger charge is 2.33. The van der Waals surface area contributed by atoms with Gasteiger partial charge in [0.05, 0.1) is 24.5 Å². The lowest BCUT2D eigenvalue weighted by Gasteiger charge is -2.27. The number of rotatable bonds is 9. The first-order chi connectivity index (χ1) is 36.8. The standard InChI is InChI=1S/C30H36N2O3.C30H38N2O2.2CO2/c1-21-13-14-23-25(19-21)32-17-18-34-30-24(29(32)28(23)22-9-4-2-5-10-22)11-8-12-26(30)35-20-27(33)31-15-6-3-7-16-31;1-22-13-14-24-26(21-22)32-18-20-34-30-25(29(32)28(24)23-9-4-2-5-10-23)11-8-12-27(30)33-19-17-31-15-6-3-7-16-31;2*2-1-3/h8,11-14,19,22H,2-7,9-10,15-18,20H2,1H3;8,11-14,21,23H,2-7,9-10,15-20H2,1H3;;. The van der Waals surface area contributed by atoms with Crippen LogP contribution in [0, 0.1) is 13.8 Å². The molecule has 2 saturated carbocycles. The number of hydrogen-bond acceptors (Lipinski definition) is 10. The maximum atomic E-state index is 12.8. The Bertz CT molecular complexity index is 2960. The van der Waals surface area contributed by atoms with E-state index >= 15 is 0 Å². The third-order valence-corrected chi connectivity index (χ3v) is 16.3. The lowest BCUT2D eigenvalue weighted by Crippen LogP contribution is -2.38. The Labute approximate surface area is 441 Å². The number of carbonyl (C=O) groups is 1. The van der Waals surface area contributed by atoms with Gasteiger partial charge in [0.1, 0.15) is 19.8 Å². The van der Waals surface area contributed by atoms with Crippen molar-refractivity contribution in [2.75, 3.05) is 59.2 Å². The Balaban J connectivity index is 0.000000167. The molecule has 75 heavy (non-hydrogen) atoms. The van der Waals surface area contributed by atoms with Crippen LogP contribution in [0.3, 0.4) is 0 Å². The van der Waals surface area contributed by atoms with Crippen LogP contribution in [0.5, 0.6) is 23.0 Å². The third-order valence-electron chi connectivity index (χ3n) is 16.3. The van der Waals surface area contributed by atoms with E-state index in [1.54, 1.807) is 5.56 Å². The van der Waals surface area contributed by atoms with Gasteiger partial charge in [0.2, 0.25) is 0 Å². The van der Waals surface area contributed by atoms with Gasteiger partial charge in [-0.25, -0.2) is 0 Å². The molecule has 13 nitrogen and oxygen atoms in total. The summed E-state index contributed by atoms with van der Waals surface area (Å²) in [4.78, 5) is 49.7. The smallest absolute Gasteiger partial charge is 0.373 e. The van der Waals surface area contributed by atoms with E-state index in [0.29, 0.717) is 30.8 Å². The van der Waals surface area contributed by atoms with Gasteiger partial charge in [0.15, 0.2) is 29.6 Å². The largest absolute Gasteiger partial charge is 0.488 e. The number of ether oxygens (including phenoxy) is 4. The lowest BCUT2D eigenvalue weighted by atomic mass is 9.81. The highest BCUT2D eigenvalue weighted by Crippen LogP contribution is 2.51. The van der Waals surface area contributed by atoms with Gasteiger partial charge in [-0.3, -0.25) is 9.69 Å². The summed E-state index contributed by atoms with van der Waals surface area (Å²) in [7, 11) is 0. The summed E-state index contributed by atoms with van der Waals surface area (Å²) in [5.41, 5.74) is 13.3. The van der Waals surface area contributed by atoms with E-state index in [2.05, 4.69) is 88.5 Å². The van der Waals surface area contributed by atoms with Crippen molar-refractivity contribution in [2.24, 2.45) is 0 Å². The van der Waals surface area contributed by atoms with Gasteiger partial charge >= 0.3 is 12.3 Å². The average Bonchev–Trinajstić information content (AvgIpc) is 3.75. The van der Waals surface area contributed by atoms with Crippen molar-refractivity contribution < 1.29 is 42.9 Å². The number of para-hydroxylation sites is 2. The Kier molecular flexibility index (Phi) is 18.2. The zero-order valence-corrected chi connectivity index (χ0v) is 44.1. The zero-order valence-electron chi connectivity index (χ0n) is 44.1. The lowest BCUT2D eigenvalue weighted by molar-refractivity contribution is -0.193. The Morgan fingerprint density at radius 3 is 1.47 bits per heavy atom. The Morgan fingerprint density at radius 1 is 0.547 bits per heavy atom. The highest BCUT2D eigenvalue weighted by molar-refractivity contribution is 5.96. The fourth-order valence-electron chi connectivity index (χ4n) is 12.9. The topological polar surface area (TPSA) is 139 Å². The zero-order chi connectivity index (χ0) is 52.1. The Morgan fingerprint density at radius 2 is 0.987 bits per heavy atom. The fourth-order valence-corrected chi connectivity index (χ4v) is 12.9. The number of hydrogen-bond donors (Lipinski definition) is 0. The molecule has 6 aromatic rings. The fraction of sp³-hybridized carbons (Fsp3) is 0.500. The summed E-state index contributed by atoms with van der Waals surface area (Å²) >= 11 is 0. The Hall–Kier alpha value is -6.65. The van der Waals surface area contributed by atoms with Crippen molar-refractivity contribution in [2.45, 2.75) is 142 Å². The molecule has 12 rings (SSSR count). The molecule has 2 saturated heterocycles. The third kappa shape index (κ3) is 12.1. The second kappa shape index (κ2) is 25.7. The van der Waals surface area contributed by atoms with Crippen molar-refractivity contribution in [3.8, 4) is 45.5 Å². The van der Waals surface area contributed by atoms with Crippen LogP contribution in [0.2, 0.25) is 0 Å². The minimum Gasteiger partial charge on any atom is -0.488 e. The molecule has 6 heterocycles. The van der Waals surface area contributed by atoms with Crippen LogP contribution in [0.4, 0.5) is 0 Å². The van der Waals surface area contributed by atoms with Gasteiger partial charge < -0.3 is 33.0 Å². The van der Waals surface area contributed by atoms with E-state index in [1.807, 2.05) is 17.0 Å². The van der Waals surface area contributed by atoms with Crippen LogP contribution >= 0.6 is 0 Å². The summed E-state index contributed by atoms with van der Waals surface area (Å²) in [6.07, 6.45) is 21.0. The monoisotopic (exact) mass is 1020 g/mol. The van der Waals surface area contributed by atoms with E-state index in [-0.39, 0.29) is 24.8 Å². The molecule has 0 radical (unpaired) electrons. The minimum absolute atomic E-state index is 0.0669. The molecule has 2 aromatic heterocycles. The van der Waals surface area contributed by atoms with Crippen molar-refractivity contribution in [3.05, 3.63) is 95.1 Å². The van der Waals surface area contributed by atoms with Crippen LogP contribution in [0.25, 0.3) is 44.3 Å². The van der Waals surface area contributed by atoms with Gasteiger partial charge in [-0.05, 0) is 155 Å². The molecule has 0 N–H and O–H groups in total. The number of likely N-dealkylation sites (tertiary alicyclic amines) is 2. The van der Waals surface area contributed by atoms with Gasteiger partial charge in [-0.1, -0.05) is 81.3 Å². The van der Waals surface area contributed by atoms with Crippen molar-refractivity contribution >= 4 is 40.0 Å². The number of carbonyl (C=O) groups excluding carboxylic acids is 5. The number of piperidine rings is 2. The predicted octanol–water partition coefficient (Wildman–Crippen LogP) is 12.2. The van der Waals surface area contributed by atoms with Crippen molar-refractivity contribution in [1.82, 2.24) is 18.9 Å². The first kappa shape index (κ1) is 53.2. The van der Waals surface area contributed by atoms with E-state index in [9.17, 15) is 4.79 Å². The molecule has 4 aromatic carbocycles. The maximum Gasteiger partial charge on any atom is 0.373 e. The predicted molar refractivity (Wildman–Crippen MR) is 289 cm³/mol. The van der Waals surface area contributed by atoms with E-state index < -0.39 is 0 Å². The summed E-state index contributed by atoms with van der Waals surface area (Å²) in [6.45, 7) is 13.2. The van der Waals surface area contributed by atoms with Gasteiger partial charge in [-0.2, -0.15) is 19.2 Å². The average molecular weight is 1020 g/mol. The summed E-state index contributed by atoms with van der Waals surface area (Å²) in [5.74, 6) is 4.58. The van der Waals surface area contributed by atoms with Crippen LogP contribution < -0.4 is 18.9 Å². The molecule has 13 heteroatoms. The van der Waals surface area contributed by atoms with Crippen LogP contribution in [-0.4, -0.2) is 96.3 Å². The van der Waals surface area contributed by atoms with E-state index in [0.717, 1.165) is 75.0 Å². The normalized spacial score (nSPS) is 17.6. The molecule has 0 atom stereocenters. The number of fused-ring (bicyclic) bond motifs is 10. The van der Waals surface area contributed by atoms with Crippen molar-refractivity contribution in [1.29, 1.82) is 0 Å². The van der Waals surface area contributed by atoms with Gasteiger partial charge in [0.25, 0.3) is 5.91 Å². The molecule has 1 amide bonds. The molecule has 4 fully saturated rings. The number of amides is 1. The SMILES string of the molecule is Cc1ccc2c(C3CCCCC3)c3n(c2c1)CCOc1c(OCC(=O)N2CCCCC2)cccc1-3.Cc1ccc2c(C3CCCCC3)c3n(c2c1)CCOc1c(OCCN2CCCCC2)cccc1-3.O=C=O.O=C=O. The molecule has 0 bridgehead atoms. The molecular weight excluding hydrogens is 945 g/mol. The summed E-state index contributed by atoms with van der Waals surface area (Å²) in [5, 5.41) is 2.83. The molecule has 396 valence electrons. The van der Waals surface area contributed by atoms with Crippen LogP contribution in [0.15, 0.2) is 72.8 Å². The molecule has 6 aliphatic rings. The minimum atomic E-state index is 0.0669. The van der Waals surface area contributed by atoms with Gasteiger partial charge in [0, 0.05) is 52.6 Å². The van der Waals surface area contributed by atoms with E-state index in [1.165, 1.54) is 158 Å². The van der Waals surface area contributed by atoms with Crippen LogP contribution in [-0.2, 0) is 37.1 Å². The second-order valence-corrected chi connectivity index (χ2v) is 21.1.